The van der Waals surface area contributed by atoms with E-state index in [1.807, 2.05) is 18.2 Å². The van der Waals surface area contributed by atoms with Gasteiger partial charge in [0.05, 0.1) is 0 Å². The van der Waals surface area contributed by atoms with Crippen LogP contribution in [0, 0.1) is 13.0 Å². The third kappa shape index (κ3) is 12.6. The average Bonchev–Trinajstić information content (AvgIpc) is 2.37. The van der Waals surface area contributed by atoms with Gasteiger partial charge < -0.3 is 22.1 Å². The van der Waals surface area contributed by atoms with Crippen molar-refractivity contribution in [2.45, 2.75) is 26.3 Å². The molecule has 0 aliphatic rings. The molecular weight excluding hydrogens is 306 g/mol. The Labute approximate surface area is 137 Å². The summed E-state index contributed by atoms with van der Waals surface area (Å²) in [6, 6.07) is 8.48. The molecule has 0 aliphatic heterocycles. The molecule has 0 saturated carbocycles. The molecular formula is C13H22BrMgNO2. The molecule has 0 fully saturated rings. The third-order valence-corrected chi connectivity index (χ3v) is 1.77. The molecule has 18 heavy (non-hydrogen) atoms. The van der Waals surface area contributed by atoms with E-state index in [-0.39, 0.29) is 46.8 Å². The molecule has 1 aromatic carbocycles. The van der Waals surface area contributed by atoms with Gasteiger partial charge in [-0.1, -0.05) is 13.3 Å². The van der Waals surface area contributed by atoms with Crippen LogP contribution in [0.1, 0.15) is 25.3 Å². The van der Waals surface area contributed by atoms with Gasteiger partial charge in [-0.15, -0.1) is 34.7 Å². The molecule has 0 unspecified atom stereocenters. The SMILES string of the molecule is Br.COCOc1[c-]cc(CN)cc1.[CH2-]CCC.[Mg+2]. The molecule has 0 spiro atoms. The van der Waals surface area contributed by atoms with Crippen LogP contribution in [0.25, 0.3) is 0 Å². The topological polar surface area (TPSA) is 44.5 Å². The average molecular weight is 329 g/mol. The number of nitrogens with two attached hydrogens (primary N) is 1. The van der Waals surface area contributed by atoms with Gasteiger partial charge in [-0.25, -0.2) is 0 Å². The van der Waals surface area contributed by atoms with E-state index >= 15 is 0 Å². The quantitative estimate of drug-likeness (QED) is 0.513. The Morgan fingerprint density at radius 1 is 1.39 bits per heavy atom. The second-order valence-corrected chi connectivity index (χ2v) is 3.17. The van der Waals surface area contributed by atoms with Crippen molar-refractivity contribution >= 4 is 40.0 Å². The predicted molar refractivity (Wildman–Crippen MR) is 82.0 cm³/mol. The van der Waals surface area contributed by atoms with Crippen LogP contribution in [0.2, 0.25) is 0 Å². The number of rotatable bonds is 5. The first kappa shape index (κ1) is 23.3. The summed E-state index contributed by atoms with van der Waals surface area (Å²) in [7, 11) is 1.58. The van der Waals surface area contributed by atoms with Gasteiger partial charge in [-0.2, -0.15) is 18.6 Å². The van der Waals surface area contributed by atoms with E-state index in [4.69, 9.17) is 15.2 Å². The Balaban J connectivity index is -0.000000332. The van der Waals surface area contributed by atoms with Gasteiger partial charge in [0.15, 0.2) is 6.79 Å². The zero-order valence-corrected chi connectivity index (χ0v) is 14.4. The molecule has 2 N–H and O–H groups in total. The van der Waals surface area contributed by atoms with Crippen molar-refractivity contribution in [2.24, 2.45) is 5.73 Å². The molecule has 3 nitrogen and oxygen atoms in total. The smallest absolute Gasteiger partial charge is 0.493 e. The minimum atomic E-state index is 0. The molecule has 0 aliphatic carbocycles. The van der Waals surface area contributed by atoms with E-state index in [0.29, 0.717) is 12.3 Å². The Hall–Kier alpha value is 0.186. The zero-order valence-electron chi connectivity index (χ0n) is 11.3. The van der Waals surface area contributed by atoms with Gasteiger partial charge in [-0.3, -0.25) is 0 Å². The first-order chi connectivity index (χ1) is 7.78. The molecule has 0 saturated heterocycles. The number of hydrogen-bond acceptors (Lipinski definition) is 3. The molecule has 0 radical (unpaired) electrons. The van der Waals surface area contributed by atoms with Crippen molar-refractivity contribution in [3.05, 3.63) is 36.8 Å². The van der Waals surface area contributed by atoms with Crippen LogP contribution >= 0.6 is 17.0 Å². The van der Waals surface area contributed by atoms with E-state index in [1.165, 1.54) is 6.42 Å². The van der Waals surface area contributed by atoms with Crippen LogP contribution in [0.4, 0.5) is 0 Å². The Bertz CT molecular complexity index is 256. The molecule has 0 heterocycles. The number of ether oxygens (including phenoxy) is 2. The van der Waals surface area contributed by atoms with E-state index in [2.05, 4.69) is 19.9 Å². The van der Waals surface area contributed by atoms with Crippen LogP contribution in [-0.2, 0) is 11.3 Å². The summed E-state index contributed by atoms with van der Waals surface area (Å²) in [6.45, 7) is 6.50. The largest absolute Gasteiger partial charge is 2.00 e. The molecule has 0 aromatic heterocycles. The summed E-state index contributed by atoms with van der Waals surface area (Å²) in [4.78, 5) is 0. The number of unbranched alkanes of at least 4 members (excludes halogenated alkanes) is 1. The first-order valence-electron chi connectivity index (χ1n) is 5.40. The van der Waals surface area contributed by atoms with E-state index in [1.54, 1.807) is 7.11 Å². The van der Waals surface area contributed by atoms with Crippen molar-refractivity contribution < 1.29 is 9.47 Å². The molecule has 0 atom stereocenters. The maximum absolute atomic E-state index is 5.41. The Morgan fingerprint density at radius 2 is 2.00 bits per heavy atom. The van der Waals surface area contributed by atoms with Crippen molar-refractivity contribution in [2.75, 3.05) is 13.9 Å². The monoisotopic (exact) mass is 327 g/mol. The second kappa shape index (κ2) is 17.2. The van der Waals surface area contributed by atoms with Crippen LogP contribution in [0.5, 0.6) is 5.75 Å². The fraction of sp³-hybridized carbons (Fsp3) is 0.462. The van der Waals surface area contributed by atoms with Crippen molar-refractivity contribution in [1.29, 1.82) is 0 Å². The Morgan fingerprint density at radius 3 is 2.33 bits per heavy atom. The molecule has 0 amide bonds. The van der Waals surface area contributed by atoms with E-state index in [0.717, 1.165) is 12.0 Å². The van der Waals surface area contributed by atoms with Crippen LogP contribution in [0.3, 0.4) is 0 Å². The number of hydrogen-bond donors (Lipinski definition) is 1. The summed E-state index contributed by atoms with van der Waals surface area (Å²) in [5.41, 5.74) is 6.46. The zero-order chi connectivity index (χ0) is 12.2. The van der Waals surface area contributed by atoms with Crippen LogP contribution < -0.4 is 10.5 Å². The van der Waals surface area contributed by atoms with Gasteiger partial charge in [-0.05, 0) is 6.54 Å². The summed E-state index contributed by atoms with van der Waals surface area (Å²) in [5.74, 6) is 0.675. The summed E-state index contributed by atoms with van der Waals surface area (Å²) in [5, 5.41) is 0. The normalized spacial score (nSPS) is 8.22. The summed E-state index contributed by atoms with van der Waals surface area (Å²) in [6.07, 6.45) is 2.28. The minimum Gasteiger partial charge on any atom is -0.493 e. The van der Waals surface area contributed by atoms with Crippen LogP contribution in [0.15, 0.2) is 18.2 Å². The van der Waals surface area contributed by atoms with E-state index < -0.39 is 0 Å². The molecule has 1 rings (SSSR count). The van der Waals surface area contributed by atoms with Gasteiger partial charge in [0.25, 0.3) is 0 Å². The van der Waals surface area contributed by atoms with Gasteiger partial charge >= 0.3 is 23.1 Å². The molecule has 0 bridgehead atoms. The maximum Gasteiger partial charge on any atom is 2.00 e. The summed E-state index contributed by atoms with van der Waals surface area (Å²) < 4.78 is 9.87. The third-order valence-electron chi connectivity index (χ3n) is 1.77. The molecule has 5 heteroatoms. The minimum absolute atomic E-state index is 0. The number of benzene rings is 1. The van der Waals surface area contributed by atoms with Gasteiger partial charge in [0.2, 0.25) is 0 Å². The number of halogens is 1. The van der Waals surface area contributed by atoms with Crippen LogP contribution in [-0.4, -0.2) is 37.0 Å². The molecule has 100 valence electrons. The standard InChI is InChI=1S/C9H12NO2.C4H9.BrH.Mg/c1-11-7-12-9-4-2-8(6-10)3-5-9;1-3-4-2;;/h2-4H,6-7,10H2,1H3;1,3-4H2,2H3;1H;/q2*-1;;+2. The van der Waals surface area contributed by atoms with Crippen molar-refractivity contribution in [3.63, 3.8) is 0 Å². The summed E-state index contributed by atoms with van der Waals surface area (Å²) >= 11 is 0. The maximum atomic E-state index is 5.41. The fourth-order valence-electron chi connectivity index (χ4n) is 0.782. The van der Waals surface area contributed by atoms with Crippen molar-refractivity contribution in [1.82, 2.24) is 0 Å². The van der Waals surface area contributed by atoms with E-state index in [9.17, 15) is 0 Å². The fourth-order valence-corrected chi connectivity index (χ4v) is 0.782. The van der Waals surface area contributed by atoms with Crippen molar-refractivity contribution in [3.8, 4) is 5.75 Å². The van der Waals surface area contributed by atoms with Gasteiger partial charge in [0.1, 0.15) is 0 Å². The number of methoxy groups -OCH3 is 1. The molecule has 1 aromatic rings. The first-order valence-corrected chi connectivity index (χ1v) is 5.40. The second-order valence-electron chi connectivity index (χ2n) is 3.17. The van der Waals surface area contributed by atoms with Gasteiger partial charge in [0, 0.05) is 12.9 Å². The predicted octanol–water partition coefficient (Wildman–Crippen LogP) is 2.75. The Kier molecular flexibility index (Phi) is 22.2.